The minimum absolute atomic E-state index is 0.143. The zero-order valence-electron chi connectivity index (χ0n) is 8.95. The molecule has 1 amide bonds. The number of β-amino-alcohol motifs (C(OH)–C–C–N with tert-alkyl or cyclic N) is 1. The van der Waals surface area contributed by atoms with Crippen LogP contribution in [0.25, 0.3) is 0 Å². The molecule has 1 N–H and O–H groups in total. The zero-order chi connectivity index (χ0) is 11.7. The first-order valence-electron chi connectivity index (χ1n) is 5.19. The average molecular weight is 244 g/mol. The van der Waals surface area contributed by atoms with E-state index in [4.69, 9.17) is 11.6 Å². The maximum absolute atomic E-state index is 11.7. The van der Waals surface area contributed by atoms with Gasteiger partial charge in [-0.05, 0) is 13.0 Å². The highest BCUT2D eigenvalue weighted by atomic mass is 35.5. The number of amides is 1. The molecule has 1 saturated heterocycles. The van der Waals surface area contributed by atoms with Crippen LogP contribution in [0, 0.1) is 0 Å². The normalized spacial score (nSPS) is 27.1. The van der Waals surface area contributed by atoms with Crippen molar-refractivity contribution < 1.29 is 9.90 Å². The molecule has 16 heavy (non-hydrogen) atoms. The van der Waals surface area contributed by atoms with E-state index in [1.165, 1.54) is 0 Å². The van der Waals surface area contributed by atoms with Crippen LogP contribution in [0.4, 0.5) is 0 Å². The summed E-state index contributed by atoms with van der Waals surface area (Å²) >= 11 is 5.73. The number of halogens is 1. The topological polar surface area (TPSA) is 58.4 Å². The third-order valence-electron chi connectivity index (χ3n) is 2.78. The Morgan fingerprint density at radius 2 is 2.38 bits per heavy atom. The van der Waals surface area contributed by atoms with Crippen LogP contribution in [0.2, 0.25) is 0 Å². The molecule has 1 aliphatic rings. The first-order valence-corrected chi connectivity index (χ1v) is 5.63. The number of nitrogens with zero attached hydrogens (tertiary/aromatic N) is 3. The molecule has 3 atom stereocenters. The van der Waals surface area contributed by atoms with Crippen LogP contribution < -0.4 is 0 Å². The van der Waals surface area contributed by atoms with Crippen molar-refractivity contribution in [1.82, 2.24) is 14.7 Å². The van der Waals surface area contributed by atoms with Crippen molar-refractivity contribution in [3.63, 3.8) is 0 Å². The van der Waals surface area contributed by atoms with Gasteiger partial charge in [-0.1, -0.05) is 0 Å². The molecule has 0 spiro atoms. The quantitative estimate of drug-likeness (QED) is 0.758. The van der Waals surface area contributed by atoms with Crippen molar-refractivity contribution in [2.45, 2.75) is 24.4 Å². The Labute approximate surface area is 98.6 Å². The Morgan fingerprint density at radius 1 is 1.62 bits per heavy atom. The molecule has 1 aromatic rings. The van der Waals surface area contributed by atoms with Gasteiger partial charge < -0.3 is 10.0 Å². The molecule has 1 aromatic heterocycles. The van der Waals surface area contributed by atoms with E-state index in [9.17, 15) is 9.90 Å². The van der Waals surface area contributed by atoms with E-state index in [-0.39, 0.29) is 11.9 Å². The molecular formula is C10H14ClN3O2. The van der Waals surface area contributed by atoms with Gasteiger partial charge >= 0.3 is 0 Å². The van der Waals surface area contributed by atoms with Gasteiger partial charge in [0.15, 0.2) is 0 Å². The van der Waals surface area contributed by atoms with Crippen LogP contribution in [0.5, 0.6) is 0 Å². The van der Waals surface area contributed by atoms with Crippen molar-refractivity contribution in [2.75, 3.05) is 13.1 Å². The van der Waals surface area contributed by atoms with E-state index in [2.05, 4.69) is 5.10 Å². The maximum atomic E-state index is 11.7. The third kappa shape index (κ3) is 2.05. The average Bonchev–Trinajstić information content (AvgIpc) is 2.84. The Morgan fingerprint density at radius 3 is 2.94 bits per heavy atom. The molecule has 0 saturated carbocycles. The van der Waals surface area contributed by atoms with Crippen LogP contribution in [0.1, 0.15) is 13.0 Å². The first-order chi connectivity index (χ1) is 7.59. The van der Waals surface area contributed by atoms with E-state index in [1.54, 1.807) is 35.0 Å². The maximum Gasteiger partial charge on any atom is 0.240 e. The van der Waals surface area contributed by atoms with Gasteiger partial charge in [0.1, 0.15) is 5.38 Å². The monoisotopic (exact) mass is 243 g/mol. The van der Waals surface area contributed by atoms with E-state index >= 15 is 0 Å². The molecule has 0 unspecified atom stereocenters. The number of aromatic nitrogens is 2. The Bertz CT molecular complexity index is 366. The lowest BCUT2D eigenvalue weighted by molar-refractivity contribution is -0.129. The number of carbonyl (C=O) groups is 1. The summed E-state index contributed by atoms with van der Waals surface area (Å²) in [6.45, 7) is 2.41. The summed E-state index contributed by atoms with van der Waals surface area (Å²) in [5.74, 6) is -0.143. The molecule has 1 fully saturated rings. The van der Waals surface area contributed by atoms with Crippen LogP contribution >= 0.6 is 11.6 Å². The predicted octanol–water partition coefficient (Wildman–Crippen LogP) is 0.255. The SMILES string of the molecule is C[C@H](Cl)C(=O)N1C[C@H](O)[C@@H](n2cccn2)C1. The standard InChI is InChI=1S/C10H14ClN3O2/c1-7(11)10(16)13-5-8(9(15)6-13)14-4-2-3-12-14/h2-4,7-9,15H,5-6H2,1H3/t7-,8-,9-/m0/s1. The number of hydrogen-bond donors (Lipinski definition) is 1. The molecular weight excluding hydrogens is 230 g/mol. The van der Waals surface area contributed by atoms with Crippen molar-refractivity contribution >= 4 is 17.5 Å². The fraction of sp³-hybridized carbons (Fsp3) is 0.600. The molecule has 2 heterocycles. The Balaban J connectivity index is 2.08. The minimum atomic E-state index is -0.584. The molecule has 6 heteroatoms. The second-order valence-electron chi connectivity index (χ2n) is 3.98. The lowest BCUT2D eigenvalue weighted by Gasteiger charge is -2.17. The van der Waals surface area contributed by atoms with Crippen LogP contribution in [-0.4, -0.2) is 50.3 Å². The molecule has 88 valence electrons. The number of likely N-dealkylation sites (tertiary alicyclic amines) is 1. The van der Waals surface area contributed by atoms with Crippen LogP contribution in [0.3, 0.4) is 0 Å². The van der Waals surface area contributed by atoms with Gasteiger partial charge in [0.2, 0.25) is 5.91 Å². The highest BCUT2D eigenvalue weighted by Crippen LogP contribution is 2.22. The summed E-state index contributed by atoms with van der Waals surface area (Å²) in [7, 11) is 0. The lowest BCUT2D eigenvalue weighted by atomic mass is 10.2. The number of carbonyl (C=O) groups excluding carboxylic acids is 1. The minimum Gasteiger partial charge on any atom is -0.389 e. The first kappa shape index (κ1) is 11.4. The van der Waals surface area contributed by atoms with Crippen molar-refractivity contribution in [1.29, 1.82) is 0 Å². The summed E-state index contributed by atoms with van der Waals surface area (Å²) in [6.07, 6.45) is 2.85. The zero-order valence-corrected chi connectivity index (χ0v) is 9.71. The van der Waals surface area contributed by atoms with Gasteiger partial charge in [-0.2, -0.15) is 5.10 Å². The van der Waals surface area contributed by atoms with Gasteiger partial charge in [-0.15, -0.1) is 11.6 Å². The predicted molar refractivity (Wildman–Crippen MR) is 59.2 cm³/mol. The third-order valence-corrected chi connectivity index (χ3v) is 2.96. The Kier molecular flexibility index (Phi) is 3.16. The summed E-state index contributed by atoms with van der Waals surface area (Å²) in [4.78, 5) is 13.2. The van der Waals surface area contributed by atoms with Crippen LogP contribution in [0.15, 0.2) is 18.5 Å². The molecule has 5 nitrogen and oxygen atoms in total. The van der Waals surface area contributed by atoms with E-state index in [0.717, 1.165) is 0 Å². The lowest BCUT2D eigenvalue weighted by Crippen LogP contribution is -2.34. The van der Waals surface area contributed by atoms with Crippen molar-refractivity contribution in [2.24, 2.45) is 0 Å². The molecule has 0 radical (unpaired) electrons. The van der Waals surface area contributed by atoms with E-state index in [1.807, 2.05) is 0 Å². The highest BCUT2D eigenvalue weighted by molar-refractivity contribution is 6.30. The molecule has 0 bridgehead atoms. The smallest absolute Gasteiger partial charge is 0.240 e. The van der Waals surface area contributed by atoms with Crippen LogP contribution in [-0.2, 0) is 4.79 Å². The second kappa shape index (κ2) is 4.43. The summed E-state index contributed by atoms with van der Waals surface area (Å²) in [6, 6.07) is 1.62. The number of rotatable bonds is 2. The summed E-state index contributed by atoms with van der Waals surface area (Å²) in [5, 5.41) is 13.4. The molecule has 0 aliphatic carbocycles. The number of hydrogen-bond acceptors (Lipinski definition) is 3. The van der Waals surface area contributed by atoms with Crippen molar-refractivity contribution in [3.8, 4) is 0 Å². The molecule has 1 aliphatic heterocycles. The largest absolute Gasteiger partial charge is 0.389 e. The fourth-order valence-corrected chi connectivity index (χ4v) is 2.08. The number of aliphatic hydroxyl groups excluding tert-OH is 1. The Hall–Kier alpha value is -1.07. The van der Waals surface area contributed by atoms with Gasteiger partial charge in [-0.3, -0.25) is 9.48 Å². The fourth-order valence-electron chi connectivity index (χ4n) is 1.94. The number of alkyl halides is 1. The summed E-state index contributed by atoms with van der Waals surface area (Å²) < 4.78 is 1.68. The highest BCUT2D eigenvalue weighted by Gasteiger charge is 2.36. The van der Waals surface area contributed by atoms with Crippen molar-refractivity contribution in [3.05, 3.63) is 18.5 Å². The molecule has 2 rings (SSSR count). The molecule has 0 aromatic carbocycles. The van der Waals surface area contributed by atoms with E-state index < -0.39 is 11.5 Å². The van der Waals surface area contributed by atoms with Gasteiger partial charge in [0.05, 0.1) is 12.1 Å². The number of aliphatic hydroxyl groups is 1. The summed E-state index contributed by atoms with van der Waals surface area (Å²) in [5.41, 5.74) is 0. The van der Waals surface area contributed by atoms with Gasteiger partial charge in [0, 0.05) is 25.5 Å². The van der Waals surface area contributed by atoms with Gasteiger partial charge in [-0.25, -0.2) is 0 Å². The second-order valence-corrected chi connectivity index (χ2v) is 4.63. The van der Waals surface area contributed by atoms with E-state index in [0.29, 0.717) is 13.1 Å². The van der Waals surface area contributed by atoms with Gasteiger partial charge in [0.25, 0.3) is 0 Å².